The Morgan fingerprint density at radius 1 is 1.40 bits per heavy atom. The molecule has 0 radical (unpaired) electrons. The highest BCUT2D eigenvalue weighted by Crippen LogP contribution is 2.26. The smallest absolute Gasteiger partial charge is 0.0946 e. The van der Waals surface area contributed by atoms with Gasteiger partial charge < -0.3 is 9.88 Å². The van der Waals surface area contributed by atoms with E-state index in [1.165, 1.54) is 0 Å². The highest BCUT2D eigenvalue weighted by atomic mass is 35.5. The zero-order valence-electron chi connectivity index (χ0n) is 12.5. The summed E-state index contributed by atoms with van der Waals surface area (Å²) >= 11 is 6.48. The van der Waals surface area contributed by atoms with E-state index in [0.29, 0.717) is 0 Å². The molecule has 6 heteroatoms. The van der Waals surface area contributed by atoms with Crippen LogP contribution in [0.1, 0.15) is 37.0 Å². The van der Waals surface area contributed by atoms with Gasteiger partial charge in [-0.25, -0.2) is 4.98 Å². The number of hydrogen-bond acceptors (Lipinski definition) is 3. The Morgan fingerprint density at radius 3 is 2.65 bits per heavy atom. The number of hydrogen-bond donors (Lipinski definition) is 1. The van der Waals surface area contributed by atoms with Gasteiger partial charge in [0.2, 0.25) is 0 Å². The van der Waals surface area contributed by atoms with Crippen LogP contribution in [0.2, 0.25) is 5.02 Å². The molecule has 0 aliphatic rings. The Balaban J connectivity index is 2.32. The molecule has 1 atom stereocenters. The molecule has 2 heterocycles. The fourth-order valence-corrected chi connectivity index (χ4v) is 2.81. The second kappa shape index (κ2) is 6.41. The van der Waals surface area contributed by atoms with Gasteiger partial charge >= 0.3 is 0 Å². The van der Waals surface area contributed by atoms with Crippen molar-refractivity contribution < 1.29 is 0 Å². The molecule has 1 unspecified atom stereocenters. The molecule has 2 aromatic rings. The number of aromatic nitrogens is 4. The lowest BCUT2D eigenvalue weighted by atomic mass is 10.1. The maximum Gasteiger partial charge on any atom is 0.0946 e. The predicted molar refractivity (Wildman–Crippen MR) is 81.0 cm³/mol. The van der Waals surface area contributed by atoms with Crippen LogP contribution in [0.3, 0.4) is 0 Å². The van der Waals surface area contributed by atoms with E-state index in [0.717, 1.165) is 41.5 Å². The average Bonchev–Trinajstić information content (AvgIpc) is 3.00. The Kier molecular flexibility index (Phi) is 4.83. The normalized spacial score (nSPS) is 12.8. The zero-order valence-corrected chi connectivity index (χ0v) is 13.3. The summed E-state index contributed by atoms with van der Waals surface area (Å²) in [7, 11) is 3.96. The van der Waals surface area contributed by atoms with Gasteiger partial charge in [0.05, 0.1) is 34.5 Å². The van der Waals surface area contributed by atoms with Crippen LogP contribution in [0.4, 0.5) is 0 Å². The van der Waals surface area contributed by atoms with E-state index in [1.807, 2.05) is 35.9 Å². The van der Waals surface area contributed by atoms with Crippen LogP contribution in [0.15, 0.2) is 12.5 Å². The maximum absolute atomic E-state index is 6.48. The van der Waals surface area contributed by atoms with Crippen molar-refractivity contribution in [2.45, 2.75) is 39.3 Å². The fourth-order valence-electron chi connectivity index (χ4n) is 2.46. The molecule has 110 valence electrons. The first-order valence-corrected chi connectivity index (χ1v) is 7.37. The molecule has 0 saturated heterocycles. The fraction of sp³-hybridized carbons (Fsp3) is 0.571. The highest BCUT2D eigenvalue weighted by Gasteiger charge is 2.20. The number of halogens is 1. The molecule has 2 aromatic heterocycles. The van der Waals surface area contributed by atoms with Crippen LogP contribution in [-0.4, -0.2) is 26.4 Å². The highest BCUT2D eigenvalue weighted by molar-refractivity contribution is 6.31. The number of imidazole rings is 1. The molecule has 2 rings (SSSR count). The maximum atomic E-state index is 6.48. The summed E-state index contributed by atoms with van der Waals surface area (Å²) in [4.78, 5) is 4.19. The molecule has 0 aromatic carbocycles. The Hall–Kier alpha value is -1.33. The molecule has 0 aliphatic heterocycles. The summed E-state index contributed by atoms with van der Waals surface area (Å²) in [5, 5.41) is 8.71. The summed E-state index contributed by atoms with van der Waals surface area (Å²) in [6, 6.07) is 0.173. The Morgan fingerprint density at radius 2 is 2.15 bits per heavy atom. The molecule has 0 aliphatic carbocycles. The number of nitrogens with zero attached hydrogens (tertiary/aromatic N) is 4. The lowest BCUT2D eigenvalue weighted by molar-refractivity contribution is 0.519. The standard InChI is InChI=1S/C14H22ClN5/c1-5-10-14(15)12(20(6-2)18-10)7-11(16-3)13-8-17-9-19(13)4/h8-9,11,16H,5-7H2,1-4H3. The minimum absolute atomic E-state index is 0.173. The molecule has 0 fully saturated rings. The van der Waals surface area contributed by atoms with E-state index in [9.17, 15) is 0 Å². The van der Waals surface area contributed by atoms with Gasteiger partial charge in [-0.05, 0) is 20.4 Å². The summed E-state index contributed by atoms with van der Waals surface area (Å²) in [6.07, 6.45) is 5.36. The Bertz CT molecular complexity index is 572. The SMILES string of the molecule is CCc1nn(CC)c(CC(NC)c2cncn2C)c1Cl. The second-order valence-electron chi connectivity index (χ2n) is 4.85. The summed E-state index contributed by atoms with van der Waals surface area (Å²) < 4.78 is 4.03. The molecular formula is C14H22ClN5. The number of aryl methyl sites for hydroxylation is 3. The van der Waals surface area contributed by atoms with Crippen molar-refractivity contribution in [2.24, 2.45) is 7.05 Å². The topological polar surface area (TPSA) is 47.7 Å². The van der Waals surface area contributed by atoms with Gasteiger partial charge in [-0.2, -0.15) is 5.10 Å². The number of rotatable bonds is 6. The molecular weight excluding hydrogens is 274 g/mol. The minimum atomic E-state index is 0.173. The Labute approximate surface area is 125 Å². The van der Waals surface area contributed by atoms with E-state index < -0.39 is 0 Å². The van der Waals surface area contributed by atoms with Gasteiger partial charge in [-0.1, -0.05) is 18.5 Å². The van der Waals surface area contributed by atoms with Crippen LogP contribution >= 0.6 is 11.6 Å². The minimum Gasteiger partial charge on any atom is -0.336 e. The van der Waals surface area contributed by atoms with E-state index >= 15 is 0 Å². The van der Waals surface area contributed by atoms with Crippen LogP contribution < -0.4 is 5.32 Å². The van der Waals surface area contributed by atoms with Gasteiger partial charge in [0.15, 0.2) is 0 Å². The van der Waals surface area contributed by atoms with Gasteiger partial charge in [0.25, 0.3) is 0 Å². The third-order valence-corrected chi connectivity index (χ3v) is 4.09. The average molecular weight is 296 g/mol. The molecule has 0 bridgehead atoms. The molecule has 5 nitrogen and oxygen atoms in total. The predicted octanol–water partition coefficient (Wildman–Crippen LogP) is 2.36. The van der Waals surface area contributed by atoms with E-state index in [-0.39, 0.29) is 6.04 Å². The monoisotopic (exact) mass is 295 g/mol. The van der Waals surface area contributed by atoms with Gasteiger partial charge in [-0.3, -0.25) is 4.68 Å². The van der Waals surface area contributed by atoms with E-state index in [1.54, 1.807) is 0 Å². The third kappa shape index (κ3) is 2.74. The second-order valence-corrected chi connectivity index (χ2v) is 5.23. The van der Waals surface area contributed by atoms with Crippen molar-refractivity contribution in [3.63, 3.8) is 0 Å². The quantitative estimate of drug-likeness (QED) is 0.890. The molecule has 0 saturated carbocycles. The molecule has 1 N–H and O–H groups in total. The first kappa shape index (κ1) is 15.1. The van der Waals surface area contributed by atoms with Crippen molar-refractivity contribution in [3.8, 4) is 0 Å². The largest absolute Gasteiger partial charge is 0.336 e. The van der Waals surface area contributed by atoms with Crippen LogP contribution in [0, 0.1) is 0 Å². The first-order chi connectivity index (χ1) is 9.62. The molecule has 0 amide bonds. The molecule has 0 spiro atoms. The first-order valence-electron chi connectivity index (χ1n) is 6.99. The van der Waals surface area contributed by atoms with Gasteiger partial charge in [-0.15, -0.1) is 0 Å². The summed E-state index contributed by atoms with van der Waals surface area (Å²) in [6.45, 7) is 5.00. The number of nitrogens with one attached hydrogen (secondary N) is 1. The third-order valence-electron chi connectivity index (χ3n) is 3.65. The molecule has 20 heavy (non-hydrogen) atoms. The number of likely N-dealkylation sites (N-methyl/N-ethyl adjacent to an activating group) is 1. The van der Waals surface area contributed by atoms with Crippen molar-refractivity contribution in [1.29, 1.82) is 0 Å². The van der Waals surface area contributed by atoms with Crippen molar-refractivity contribution in [2.75, 3.05) is 7.05 Å². The van der Waals surface area contributed by atoms with Crippen LogP contribution in [-0.2, 0) is 26.4 Å². The summed E-state index contributed by atoms with van der Waals surface area (Å²) in [5.74, 6) is 0. The van der Waals surface area contributed by atoms with Gasteiger partial charge in [0, 0.05) is 26.2 Å². The van der Waals surface area contributed by atoms with Crippen LogP contribution in [0.5, 0.6) is 0 Å². The van der Waals surface area contributed by atoms with E-state index in [4.69, 9.17) is 11.6 Å². The zero-order chi connectivity index (χ0) is 14.7. The summed E-state index contributed by atoms with van der Waals surface area (Å²) in [5.41, 5.74) is 3.21. The van der Waals surface area contributed by atoms with Crippen molar-refractivity contribution in [3.05, 3.63) is 34.6 Å². The van der Waals surface area contributed by atoms with E-state index in [2.05, 4.69) is 29.2 Å². The van der Waals surface area contributed by atoms with Crippen molar-refractivity contribution in [1.82, 2.24) is 24.6 Å². The van der Waals surface area contributed by atoms with Gasteiger partial charge in [0.1, 0.15) is 0 Å². The van der Waals surface area contributed by atoms with Crippen LogP contribution in [0.25, 0.3) is 0 Å². The van der Waals surface area contributed by atoms with Crippen molar-refractivity contribution >= 4 is 11.6 Å². The lowest BCUT2D eigenvalue weighted by Crippen LogP contribution is -2.22. The lowest BCUT2D eigenvalue weighted by Gasteiger charge is -2.17.